The lowest BCUT2D eigenvalue weighted by Gasteiger charge is -2.33. The average molecular weight is 522 g/mol. The van der Waals surface area contributed by atoms with Gasteiger partial charge in [-0.05, 0) is 48.5 Å². The fourth-order valence-electron chi connectivity index (χ4n) is 3.53. The summed E-state index contributed by atoms with van der Waals surface area (Å²) in [5, 5.41) is 3.29. The summed E-state index contributed by atoms with van der Waals surface area (Å²) in [7, 11) is -3.75. The third-order valence-corrected chi connectivity index (χ3v) is 9.09. The number of thiophene rings is 1. The minimum absolute atomic E-state index is 0.0256. The quantitative estimate of drug-likeness (QED) is 0.537. The highest BCUT2D eigenvalue weighted by molar-refractivity contribution is 7.91. The second-order valence-electron chi connectivity index (χ2n) is 7.59. The van der Waals surface area contributed by atoms with Gasteiger partial charge in [0.2, 0.25) is 0 Å². The predicted octanol–water partition coefficient (Wildman–Crippen LogP) is 3.62. The fourth-order valence-corrected chi connectivity index (χ4v) is 6.52. The van der Waals surface area contributed by atoms with Crippen molar-refractivity contribution in [2.24, 2.45) is 0 Å². The van der Waals surface area contributed by atoms with E-state index in [0.29, 0.717) is 15.5 Å². The summed E-state index contributed by atoms with van der Waals surface area (Å²) >= 11 is 6.91. The van der Waals surface area contributed by atoms with E-state index in [1.165, 1.54) is 33.5 Å². The number of hydrogen-bond donors (Lipinski definition) is 1. The molecule has 0 spiro atoms. The molecular formula is C23H21ClFN3O4S2. The van der Waals surface area contributed by atoms with Crippen LogP contribution in [0.2, 0.25) is 5.02 Å². The molecular weight excluding hydrogens is 501 g/mol. The van der Waals surface area contributed by atoms with Crippen molar-refractivity contribution < 1.29 is 22.4 Å². The van der Waals surface area contributed by atoms with Crippen LogP contribution in [-0.4, -0.2) is 55.6 Å². The van der Waals surface area contributed by atoms with Crippen molar-refractivity contribution in [3.8, 4) is 0 Å². The molecule has 1 fully saturated rings. The van der Waals surface area contributed by atoms with E-state index in [9.17, 15) is 22.4 Å². The van der Waals surface area contributed by atoms with Crippen LogP contribution in [0.4, 0.5) is 4.39 Å². The lowest BCUT2D eigenvalue weighted by molar-refractivity contribution is 0.0693. The minimum Gasteiger partial charge on any atom is -0.347 e. The Morgan fingerprint density at radius 3 is 2.32 bits per heavy atom. The molecule has 2 amide bonds. The van der Waals surface area contributed by atoms with Crippen LogP contribution >= 0.6 is 22.9 Å². The number of nitrogens with zero attached hydrogens (tertiary/aromatic N) is 2. The van der Waals surface area contributed by atoms with Gasteiger partial charge >= 0.3 is 0 Å². The Hall–Kier alpha value is -2.79. The summed E-state index contributed by atoms with van der Waals surface area (Å²) in [6.45, 7) is 0.752. The predicted molar refractivity (Wildman–Crippen MR) is 128 cm³/mol. The van der Waals surface area contributed by atoms with Gasteiger partial charge in [-0.3, -0.25) is 9.59 Å². The maximum absolute atomic E-state index is 13.9. The molecule has 34 heavy (non-hydrogen) atoms. The van der Waals surface area contributed by atoms with Crippen molar-refractivity contribution in [2.45, 2.75) is 10.8 Å². The molecule has 1 N–H and O–H groups in total. The van der Waals surface area contributed by atoms with E-state index in [2.05, 4.69) is 5.32 Å². The monoisotopic (exact) mass is 521 g/mol. The summed E-state index contributed by atoms with van der Waals surface area (Å²) in [6.07, 6.45) is 0. The SMILES string of the molecule is O=C(NCc1ccc(S(=O)(=O)N2CCN(C(=O)c3ccccc3F)CC2)s1)c1ccc(Cl)cc1. The van der Waals surface area contributed by atoms with E-state index in [0.717, 1.165) is 11.3 Å². The van der Waals surface area contributed by atoms with E-state index in [1.807, 2.05) is 0 Å². The molecule has 11 heteroatoms. The molecule has 0 bridgehead atoms. The van der Waals surface area contributed by atoms with Crippen molar-refractivity contribution >= 4 is 44.8 Å². The highest BCUT2D eigenvalue weighted by Gasteiger charge is 2.32. The Morgan fingerprint density at radius 1 is 0.971 bits per heavy atom. The number of piperazine rings is 1. The molecule has 3 aromatic rings. The smallest absolute Gasteiger partial charge is 0.256 e. The van der Waals surface area contributed by atoms with Gasteiger partial charge in [0, 0.05) is 41.6 Å². The van der Waals surface area contributed by atoms with Crippen LogP contribution in [0.3, 0.4) is 0 Å². The number of sulfonamides is 1. The Morgan fingerprint density at radius 2 is 1.65 bits per heavy atom. The first-order valence-corrected chi connectivity index (χ1v) is 13.1. The van der Waals surface area contributed by atoms with E-state index in [4.69, 9.17) is 11.6 Å². The molecule has 1 saturated heterocycles. The highest BCUT2D eigenvalue weighted by atomic mass is 35.5. The second kappa shape index (κ2) is 10.2. The first-order valence-electron chi connectivity index (χ1n) is 10.4. The summed E-state index contributed by atoms with van der Waals surface area (Å²) < 4.78 is 41.5. The van der Waals surface area contributed by atoms with Gasteiger partial charge in [0.1, 0.15) is 10.0 Å². The van der Waals surface area contributed by atoms with Gasteiger partial charge in [-0.2, -0.15) is 4.31 Å². The largest absolute Gasteiger partial charge is 0.347 e. The molecule has 7 nitrogen and oxygen atoms in total. The number of carbonyl (C=O) groups excluding carboxylic acids is 2. The molecule has 2 aromatic carbocycles. The first-order chi connectivity index (χ1) is 16.3. The minimum atomic E-state index is -3.75. The molecule has 1 aliphatic heterocycles. The molecule has 2 heterocycles. The first kappa shape index (κ1) is 24.3. The van der Waals surface area contributed by atoms with Gasteiger partial charge in [-0.25, -0.2) is 12.8 Å². The van der Waals surface area contributed by atoms with Crippen LogP contribution < -0.4 is 5.32 Å². The lowest BCUT2D eigenvalue weighted by atomic mass is 10.1. The van der Waals surface area contributed by atoms with Crippen LogP contribution in [0.5, 0.6) is 0 Å². The molecule has 1 aromatic heterocycles. The number of hydrogen-bond acceptors (Lipinski definition) is 5. The van der Waals surface area contributed by atoms with Crippen LogP contribution in [0, 0.1) is 5.82 Å². The Kier molecular flexibility index (Phi) is 7.32. The van der Waals surface area contributed by atoms with E-state index >= 15 is 0 Å². The van der Waals surface area contributed by atoms with Gasteiger partial charge in [0.15, 0.2) is 0 Å². The number of benzene rings is 2. The topological polar surface area (TPSA) is 86.8 Å². The van der Waals surface area contributed by atoms with Gasteiger partial charge in [-0.1, -0.05) is 23.7 Å². The third-order valence-electron chi connectivity index (χ3n) is 5.39. The highest BCUT2D eigenvalue weighted by Crippen LogP contribution is 2.26. The van der Waals surface area contributed by atoms with Crippen LogP contribution in [0.15, 0.2) is 64.9 Å². The lowest BCUT2D eigenvalue weighted by Crippen LogP contribution is -2.50. The van der Waals surface area contributed by atoms with Crippen molar-refractivity contribution in [1.82, 2.24) is 14.5 Å². The number of rotatable bonds is 6. The van der Waals surface area contributed by atoms with Crippen molar-refractivity contribution in [2.75, 3.05) is 26.2 Å². The van der Waals surface area contributed by atoms with Gasteiger partial charge in [-0.15, -0.1) is 11.3 Å². The molecule has 1 aliphatic rings. The average Bonchev–Trinajstić information content (AvgIpc) is 3.33. The van der Waals surface area contributed by atoms with Crippen LogP contribution in [0.25, 0.3) is 0 Å². The van der Waals surface area contributed by atoms with Gasteiger partial charge < -0.3 is 10.2 Å². The summed E-state index contributed by atoms with van der Waals surface area (Å²) in [5.74, 6) is -1.34. The molecule has 0 saturated carbocycles. The van der Waals surface area contributed by atoms with Gasteiger partial charge in [0.25, 0.3) is 21.8 Å². The molecule has 0 atom stereocenters. The Balaban J connectivity index is 1.35. The van der Waals surface area contributed by atoms with Crippen molar-refractivity contribution in [3.05, 3.63) is 87.5 Å². The number of nitrogens with one attached hydrogen (secondary N) is 1. The van der Waals surface area contributed by atoms with E-state index < -0.39 is 21.7 Å². The maximum atomic E-state index is 13.9. The van der Waals surface area contributed by atoms with Crippen LogP contribution in [0.1, 0.15) is 25.6 Å². The summed E-state index contributed by atoms with van der Waals surface area (Å²) in [4.78, 5) is 27.0. The normalized spacial score (nSPS) is 14.7. The molecule has 4 rings (SSSR count). The van der Waals surface area contributed by atoms with Crippen molar-refractivity contribution in [1.29, 1.82) is 0 Å². The third kappa shape index (κ3) is 5.30. The number of amides is 2. The zero-order valence-electron chi connectivity index (χ0n) is 17.9. The second-order valence-corrected chi connectivity index (χ2v) is 11.4. The summed E-state index contributed by atoms with van der Waals surface area (Å²) in [5.41, 5.74) is 0.430. The zero-order valence-corrected chi connectivity index (χ0v) is 20.3. The van der Waals surface area contributed by atoms with Crippen molar-refractivity contribution in [3.63, 3.8) is 0 Å². The maximum Gasteiger partial charge on any atom is 0.256 e. The fraction of sp³-hybridized carbons (Fsp3) is 0.217. The Bertz CT molecular complexity index is 1300. The van der Waals surface area contributed by atoms with Crippen LogP contribution in [-0.2, 0) is 16.6 Å². The zero-order chi connectivity index (χ0) is 24.3. The standard InChI is InChI=1S/C23H21ClFN3O4S2/c24-17-7-5-16(6-8-17)22(29)26-15-18-9-10-21(33-18)34(31,32)28-13-11-27(12-14-28)23(30)19-3-1-2-4-20(19)25/h1-10H,11-15H2,(H,26,29). The van der Waals surface area contributed by atoms with Gasteiger partial charge in [0.05, 0.1) is 12.1 Å². The Labute approximate surface area is 205 Å². The summed E-state index contributed by atoms with van der Waals surface area (Å²) in [6, 6.07) is 15.4. The van der Waals surface area contributed by atoms with E-state index in [1.54, 1.807) is 36.4 Å². The van der Waals surface area contributed by atoms with E-state index in [-0.39, 0.29) is 48.4 Å². The molecule has 0 unspecified atom stereocenters. The number of halogens is 2. The molecule has 0 aliphatic carbocycles. The number of carbonyl (C=O) groups is 2. The molecule has 178 valence electrons. The molecule has 0 radical (unpaired) electrons.